The molecule has 0 radical (unpaired) electrons. The Bertz CT molecular complexity index is 430. The van der Waals surface area contributed by atoms with Gasteiger partial charge in [-0.05, 0) is 51.4 Å². The lowest BCUT2D eigenvalue weighted by molar-refractivity contribution is 0.0459. The van der Waals surface area contributed by atoms with Gasteiger partial charge in [0.1, 0.15) is 0 Å². The van der Waals surface area contributed by atoms with Crippen LogP contribution in [0.2, 0.25) is 5.02 Å². The van der Waals surface area contributed by atoms with E-state index in [-0.39, 0.29) is 0 Å². The van der Waals surface area contributed by atoms with Crippen molar-refractivity contribution in [2.75, 3.05) is 31.6 Å². The Kier molecular flexibility index (Phi) is 5.70. The maximum atomic E-state index is 6.46. The number of halogens is 1. The van der Waals surface area contributed by atoms with Gasteiger partial charge in [0.25, 0.3) is 0 Å². The predicted octanol–water partition coefficient (Wildman–Crippen LogP) is 3.63. The summed E-state index contributed by atoms with van der Waals surface area (Å²) in [4.78, 5) is 2.37. The molecule has 1 heterocycles. The minimum absolute atomic E-state index is 0.324. The first-order valence-electron chi connectivity index (χ1n) is 7.49. The summed E-state index contributed by atoms with van der Waals surface area (Å²) in [5.74, 6) is 0. The van der Waals surface area contributed by atoms with E-state index in [2.05, 4.69) is 42.3 Å². The number of nitrogens with one attached hydrogen (secondary N) is 1. The topological polar surface area (TPSA) is 24.5 Å². The molecule has 0 spiro atoms. The second kappa shape index (κ2) is 7.30. The van der Waals surface area contributed by atoms with Crippen LogP contribution >= 0.6 is 11.6 Å². The molecule has 1 fully saturated rings. The van der Waals surface area contributed by atoms with Crippen LogP contribution in [-0.2, 0) is 4.74 Å². The normalized spacial score (nSPS) is 18.3. The van der Waals surface area contributed by atoms with E-state index >= 15 is 0 Å². The molecule has 1 atom stereocenters. The van der Waals surface area contributed by atoms with Gasteiger partial charge in [0.15, 0.2) is 0 Å². The Balaban J connectivity index is 2.03. The van der Waals surface area contributed by atoms with Crippen LogP contribution in [0.5, 0.6) is 0 Å². The average Bonchev–Trinajstić information content (AvgIpc) is 2.47. The molecule has 3 nitrogen and oxygen atoms in total. The zero-order valence-electron chi connectivity index (χ0n) is 12.7. The van der Waals surface area contributed by atoms with E-state index in [1.54, 1.807) is 0 Å². The molecular formula is C16H25ClN2O. The lowest BCUT2D eigenvalue weighted by atomic mass is 10.0. The molecule has 4 heteroatoms. The fraction of sp³-hybridized carbons (Fsp3) is 0.625. The van der Waals surface area contributed by atoms with Gasteiger partial charge in [-0.15, -0.1) is 0 Å². The fourth-order valence-corrected chi connectivity index (χ4v) is 3.02. The van der Waals surface area contributed by atoms with Crippen LogP contribution in [0.25, 0.3) is 0 Å². The molecule has 0 aliphatic carbocycles. The Hall–Kier alpha value is -0.770. The van der Waals surface area contributed by atoms with E-state index in [4.69, 9.17) is 16.3 Å². The van der Waals surface area contributed by atoms with Crippen LogP contribution in [0, 0.1) is 0 Å². The van der Waals surface area contributed by atoms with Gasteiger partial charge in [-0.25, -0.2) is 0 Å². The predicted molar refractivity (Wildman–Crippen MR) is 85.8 cm³/mol. The highest BCUT2D eigenvalue weighted by Gasteiger charge is 2.21. The Morgan fingerprint density at radius 1 is 1.40 bits per heavy atom. The molecule has 0 amide bonds. The average molecular weight is 297 g/mol. The summed E-state index contributed by atoms with van der Waals surface area (Å²) in [6.07, 6.45) is 2.58. The number of ether oxygens (including phenoxy) is 1. The zero-order valence-corrected chi connectivity index (χ0v) is 13.4. The van der Waals surface area contributed by atoms with Crippen molar-refractivity contribution < 1.29 is 4.74 Å². The van der Waals surface area contributed by atoms with Crippen molar-refractivity contribution in [1.29, 1.82) is 0 Å². The molecule has 1 aromatic carbocycles. The third-order valence-electron chi connectivity index (χ3n) is 4.09. The van der Waals surface area contributed by atoms with Gasteiger partial charge < -0.3 is 15.0 Å². The van der Waals surface area contributed by atoms with Crippen molar-refractivity contribution >= 4 is 17.3 Å². The molecule has 1 aromatic rings. The van der Waals surface area contributed by atoms with Gasteiger partial charge in [-0.2, -0.15) is 0 Å². The van der Waals surface area contributed by atoms with Crippen molar-refractivity contribution in [3.05, 3.63) is 28.8 Å². The molecule has 0 bridgehead atoms. The molecule has 1 aliphatic rings. The van der Waals surface area contributed by atoms with E-state index in [0.717, 1.165) is 43.2 Å². The number of benzene rings is 1. The molecule has 1 unspecified atom stereocenters. The minimum Gasteiger partial charge on any atom is -0.378 e. The molecule has 0 saturated carbocycles. The maximum absolute atomic E-state index is 6.46. The maximum Gasteiger partial charge on any atom is 0.0642 e. The summed E-state index contributed by atoms with van der Waals surface area (Å²) in [7, 11) is 1.96. The van der Waals surface area contributed by atoms with Crippen molar-refractivity contribution in [2.24, 2.45) is 0 Å². The Morgan fingerprint density at radius 2 is 2.10 bits per heavy atom. The summed E-state index contributed by atoms with van der Waals surface area (Å²) >= 11 is 6.46. The molecular weight excluding hydrogens is 272 g/mol. The van der Waals surface area contributed by atoms with Gasteiger partial charge >= 0.3 is 0 Å². The van der Waals surface area contributed by atoms with E-state index in [1.807, 2.05) is 7.05 Å². The molecule has 20 heavy (non-hydrogen) atoms. The van der Waals surface area contributed by atoms with Crippen LogP contribution in [0.15, 0.2) is 18.2 Å². The summed E-state index contributed by atoms with van der Waals surface area (Å²) in [5.41, 5.74) is 2.37. The monoisotopic (exact) mass is 296 g/mol. The number of piperidine rings is 1. The zero-order chi connectivity index (χ0) is 14.5. The Morgan fingerprint density at radius 3 is 2.65 bits per heavy atom. The first-order valence-corrected chi connectivity index (χ1v) is 7.86. The highest BCUT2D eigenvalue weighted by Crippen LogP contribution is 2.31. The van der Waals surface area contributed by atoms with E-state index in [9.17, 15) is 0 Å². The van der Waals surface area contributed by atoms with E-state index < -0.39 is 0 Å². The molecule has 1 saturated heterocycles. The third kappa shape index (κ3) is 3.66. The highest BCUT2D eigenvalue weighted by atomic mass is 35.5. The van der Waals surface area contributed by atoms with Crippen molar-refractivity contribution in [3.63, 3.8) is 0 Å². The summed E-state index contributed by atoms with van der Waals surface area (Å²) in [6.45, 7) is 7.04. The van der Waals surface area contributed by atoms with E-state index in [0.29, 0.717) is 12.1 Å². The van der Waals surface area contributed by atoms with Crippen molar-refractivity contribution in [1.82, 2.24) is 5.32 Å². The van der Waals surface area contributed by atoms with E-state index in [1.165, 1.54) is 5.56 Å². The van der Waals surface area contributed by atoms with Crippen LogP contribution in [-0.4, -0.2) is 32.8 Å². The lowest BCUT2D eigenvalue weighted by Crippen LogP contribution is -2.37. The molecule has 0 aromatic heterocycles. The molecule has 1 aliphatic heterocycles. The first kappa shape index (κ1) is 15.6. The molecule has 1 N–H and O–H groups in total. The number of rotatable bonds is 5. The van der Waals surface area contributed by atoms with Crippen LogP contribution < -0.4 is 10.2 Å². The van der Waals surface area contributed by atoms with Gasteiger partial charge in [0.2, 0.25) is 0 Å². The second-order valence-electron chi connectivity index (χ2n) is 5.36. The smallest absolute Gasteiger partial charge is 0.0642 e. The number of hydrogen-bond donors (Lipinski definition) is 1. The van der Waals surface area contributed by atoms with Crippen molar-refractivity contribution in [3.8, 4) is 0 Å². The molecule has 112 valence electrons. The largest absolute Gasteiger partial charge is 0.378 e. The Labute approximate surface area is 127 Å². The summed E-state index contributed by atoms with van der Waals surface area (Å²) in [6, 6.07) is 6.71. The van der Waals surface area contributed by atoms with Gasteiger partial charge in [0.05, 0.1) is 16.8 Å². The van der Waals surface area contributed by atoms with Gasteiger partial charge in [-0.1, -0.05) is 17.7 Å². The number of anilines is 1. The van der Waals surface area contributed by atoms with Crippen molar-refractivity contribution in [2.45, 2.75) is 38.8 Å². The minimum atomic E-state index is 0.324. The standard InChI is InChI=1S/C16H25ClN2O/c1-4-20-14-7-9-19(10-8-14)16-6-5-13(11-15(16)17)12(2)18-3/h5-6,11-12,14,18H,4,7-10H2,1-3H3. The van der Waals surface area contributed by atoms with Crippen LogP contribution in [0.3, 0.4) is 0 Å². The first-order chi connectivity index (χ1) is 9.65. The lowest BCUT2D eigenvalue weighted by Gasteiger charge is -2.34. The van der Waals surface area contributed by atoms with Gasteiger partial charge in [-0.3, -0.25) is 0 Å². The summed E-state index contributed by atoms with van der Waals surface area (Å²) < 4.78 is 5.69. The SMILES string of the molecule is CCOC1CCN(c2ccc(C(C)NC)cc2Cl)CC1. The third-order valence-corrected chi connectivity index (χ3v) is 4.39. The fourth-order valence-electron chi connectivity index (χ4n) is 2.71. The van der Waals surface area contributed by atoms with Crippen LogP contribution in [0.4, 0.5) is 5.69 Å². The molecule has 2 rings (SSSR count). The number of nitrogens with zero attached hydrogens (tertiary/aromatic N) is 1. The quantitative estimate of drug-likeness (QED) is 0.898. The number of hydrogen-bond acceptors (Lipinski definition) is 3. The second-order valence-corrected chi connectivity index (χ2v) is 5.77. The van der Waals surface area contributed by atoms with Gasteiger partial charge in [0, 0.05) is 25.7 Å². The summed E-state index contributed by atoms with van der Waals surface area (Å²) in [5, 5.41) is 4.09. The van der Waals surface area contributed by atoms with Crippen LogP contribution in [0.1, 0.15) is 38.3 Å². The highest BCUT2D eigenvalue weighted by molar-refractivity contribution is 6.33.